The van der Waals surface area contributed by atoms with Crippen LogP contribution in [0.15, 0.2) is 0 Å². The number of hydrogen-bond acceptors (Lipinski definition) is 3. The zero-order chi connectivity index (χ0) is 10.2. The van der Waals surface area contributed by atoms with E-state index in [4.69, 9.17) is 4.74 Å². The van der Waals surface area contributed by atoms with E-state index in [1.165, 1.54) is 25.0 Å². The van der Waals surface area contributed by atoms with Crippen LogP contribution >= 0.6 is 11.8 Å². The lowest BCUT2D eigenvalue weighted by atomic mass is 10.2. The first kappa shape index (κ1) is 12.3. The molecule has 1 heterocycles. The molecule has 1 fully saturated rings. The zero-order valence-corrected chi connectivity index (χ0v) is 10.2. The van der Waals surface area contributed by atoms with Crippen LogP contribution in [0.2, 0.25) is 0 Å². The fourth-order valence-electron chi connectivity index (χ4n) is 1.70. The summed E-state index contributed by atoms with van der Waals surface area (Å²) in [5.74, 6) is 1.26. The quantitative estimate of drug-likeness (QED) is 0.737. The minimum absolute atomic E-state index is 0.702. The molecule has 84 valence electrons. The lowest BCUT2D eigenvalue weighted by Crippen LogP contribution is -2.31. The fraction of sp³-hybridized carbons (Fsp3) is 1.00. The highest BCUT2D eigenvalue weighted by molar-refractivity contribution is 7.99. The van der Waals surface area contributed by atoms with Crippen molar-refractivity contribution in [2.75, 3.05) is 25.5 Å². The van der Waals surface area contributed by atoms with E-state index >= 15 is 0 Å². The van der Waals surface area contributed by atoms with Crippen molar-refractivity contribution in [3.05, 3.63) is 0 Å². The smallest absolute Gasteiger partial charge is 0.0476 e. The number of ether oxygens (including phenoxy) is 1. The Morgan fingerprint density at radius 2 is 2.07 bits per heavy atom. The van der Waals surface area contributed by atoms with E-state index in [1.807, 2.05) is 0 Å². The molecule has 0 amide bonds. The highest BCUT2D eigenvalue weighted by atomic mass is 32.2. The third-order valence-electron chi connectivity index (χ3n) is 2.69. The van der Waals surface area contributed by atoms with Gasteiger partial charge in [0.1, 0.15) is 0 Å². The van der Waals surface area contributed by atoms with Gasteiger partial charge in [0.05, 0.1) is 0 Å². The fourth-order valence-corrected chi connectivity index (χ4v) is 3.09. The average molecular weight is 217 g/mol. The Balaban J connectivity index is 2.10. The first-order valence-corrected chi connectivity index (χ1v) is 6.84. The second kappa shape index (κ2) is 7.55. The molecule has 0 radical (unpaired) electrons. The molecule has 0 spiro atoms. The maximum absolute atomic E-state index is 5.35. The van der Waals surface area contributed by atoms with Crippen molar-refractivity contribution in [1.82, 2.24) is 5.32 Å². The molecule has 0 aromatic carbocycles. The summed E-state index contributed by atoms with van der Waals surface area (Å²) in [7, 11) is 0. The van der Waals surface area contributed by atoms with Gasteiger partial charge in [-0.1, -0.05) is 13.8 Å². The van der Waals surface area contributed by atoms with E-state index in [0.717, 1.165) is 25.0 Å². The van der Waals surface area contributed by atoms with Gasteiger partial charge in [0.2, 0.25) is 0 Å². The molecule has 0 aliphatic carbocycles. The molecule has 1 aliphatic heterocycles. The highest BCUT2D eigenvalue weighted by Gasteiger charge is 2.15. The Morgan fingerprint density at radius 1 is 1.36 bits per heavy atom. The van der Waals surface area contributed by atoms with Crippen LogP contribution in [0.5, 0.6) is 0 Å². The van der Waals surface area contributed by atoms with Gasteiger partial charge in [0.15, 0.2) is 0 Å². The average Bonchev–Trinajstić information content (AvgIpc) is 2.25. The van der Waals surface area contributed by atoms with Gasteiger partial charge in [-0.15, -0.1) is 0 Å². The molecular formula is C11H23NOS. The summed E-state index contributed by atoms with van der Waals surface area (Å²) in [6, 6.07) is 0.702. The van der Waals surface area contributed by atoms with Gasteiger partial charge in [-0.3, -0.25) is 0 Å². The predicted molar refractivity (Wildman–Crippen MR) is 64.1 cm³/mol. The molecule has 1 atom stereocenters. The van der Waals surface area contributed by atoms with Crippen molar-refractivity contribution in [1.29, 1.82) is 0 Å². The minimum Gasteiger partial charge on any atom is -0.381 e. The molecule has 0 aromatic rings. The lowest BCUT2D eigenvalue weighted by Gasteiger charge is -2.24. The van der Waals surface area contributed by atoms with Gasteiger partial charge < -0.3 is 10.1 Å². The maximum Gasteiger partial charge on any atom is 0.0476 e. The van der Waals surface area contributed by atoms with Gasteiger partial charge >= 0.3 is 0 Å². The molecular weight excluding hydrogens is 194 g/mol. The van der Waals surface area contributed by atoms with E-state index in [9.17, 15) is 0 Å². The van der Waals surface area contributed by atoms with Gasteiger partial charge in [-0.25, -0.2) is 0 Å². The van der Waals surface area contributed by atoms with Gasteiger partial charge in [0.25, 0.3) is 0 Å². The molecule has 0 bridgehead atoms. The lowest BCUT2D eigenvalue weighted by molar-refractivity contribution is 0.1000. The van der Waals surface area contributed by atoms with Gasteiger partial charge in [0, 0.05) is 30.3 Å². The molecule has 3 heteroatoms. The van der Waals surface area contributed by atoms with Gasteiger partial charge in [-0.05, 0) is 25.8 Å². The number of rotatable bonds is 6. The Labute approximate surface area is 92.2 Å². The molecule has 0 saturated carbocycles. The SMILES string of the molecule is CCNC(CC)CSC1CCOCC1. The van der Waals surface area contributed by atoms with Crippen LogP contribution in [0, 0.1) is 0 Å². The maximum atomic E-state index is 5.35. The second-order valence-corrected chi connectivity index (χ2v) is 5.14. The largest absolute Gasteiger partial charge is 0.381 e. The first-order valence-electron chi connectivity index (χ1n) is 5.79. The third-order valence-corrected chi connectivity index (χ3v) is 4.22. The Kier molecular flexibility index (Phi) is 6.65. The van der Waals surface area contributed by atoms with Crippen molar-refractivity contribution in [2.45, 2.75) is 44.4 Å². The van der Waals surface area contributed by atoms with Crippen LogP contribution in [0.3, 0.4) is 0 Å². The normalized spacial score (nSPS) is 21.0. The minimum atomic E-state index is 0.702. The first-order chi connectivity index (χ1) is 6.86. The molecule has 1 saturated heterocycles. The zero-order valence-electron chi connectivity index (χ0n) is 9.42. The van der Waals surface area contributed by atoms with Crippen LogP contribution < -0.4 is 5.32 Å². The van der Waals surface area contributed by atoms with Crippen molar-refractivity contribution in [3.8, 4) is 0 Å². The number of hydrogen-bond donors (Lipinski definition) is 1. The molecule has 1 N–H and O–H groups in total. The van der Waals surface area contributed by atoms with E-state index < -0.39 is 0 Å². The predicted octanol–water partition coefficient (Wildman–Crippen LogP) is 2.29. The van der Waals surface area contributed by atoms with Crippen molar-refractivity contribution >= 4 is 11.8 Å². The second-order valence-electron chi connectivity index (χ2n) is 3.81. The van der Waals surface area contributed by atoms with Crippen LogP contribution in [-0.2, 0) is 4.74 Å². The van der Waals surface area contributed by atoms with Crippen molar-refractivity contribution in [3.63, 3.8) is 0 Å². The standard InChI is InChI=1S/C11H23NOS/c1-3-10(12-4-2)9-14-11-5-7-13-8-6-11/h10-12H,3-9H2,1-2H3. The van der Waals surface area contributed by atoms with Crippen LogP contribution in [0.1, 0.15) is 33.1 Å². The number of nitrogens with one attached hydrogen (secondary N) is 1. The Morgan fingerprint density at radius 3 is 2.64 bits per heavy atom. The summed E-state index contributed by atoms with van der Waals surface area (Å²) < 4.78 is 5.35. The van der Waals surface area contributed by atoms with Crippen LogP contribution in [0.25, 0.3) is 0 Å². The van der Waals surface area contributed by atoms with Crippen LogP contribution in [0.4, 0.5) is 0 Å². The molecule has 1 aliphatic rings. The third kappa shape index (κ3) is 4.67. The van der Waals surface area contributed by atoms with Crippen molar-refractivity contribution < 1.29 is 4.74 Å². The molecule has 1 unspecified atom stereocenters. The Bertz CT molecular complexity index is 132. The summed E-state index contributed by atoms with van der Waals surface area (Å²) in [6.45, 7) is 7.47. The summed E-state index contributed by atoms with van der Waals surface area (Å²) in [5, 5.41) is 4.36. The monoisotopic (exact) mass is 217 g/mol. The van der Waals surface area contributed by atoms with Crippen molar-refractivity contribution in [2.24, 2.45) is 0 Å². The topological polar surface area (TPSA) is 21.3 Å². The molecule has 14 heavy (non-hydrogen) atoms. The summed E-state index contributed by atoms with van der Waals surface area (Å²) in [6.07, 6.45) is 3.73. The van der Waals surface area contributed by atoms with E-state index in [-0.39, 0.29) is 0 Å². The summed E-state index contributed by atoms with van der Waals surface area (Å²) in [4.78, 5) is 0. The van der Waals surface area contributed by atoms with E-state index in [2.05, 4.69) is 30.9 Å². The highest BCUT2D eigenvalue weighted by Crippen LogP contribution is 2.22. The van der Waals surface area contributed by atoms with Crippen LogP contribution in [-0.4, -0.2) is 36.8 Å². The Hall–Kier alpha value is 0.270. The summed E-state index contributed by atoms with van der Waals surface area (Å²) in [5.41, 5.74) is 0. The van der Waals surface area contributed by atoms with E-state index in [1.54, 1.807) is 0 Å². The molecule has 2 nitrogen and oxygen atoms in total. The van der Waals surface area contributed by atoms with Gasteiger partial charge in [-0.2, -0.15) is 11.8 Å². The van der Waals surface area contributed by atoms with E-state index in [0.29, 0.717) is 6.04 Å². The summed E-state index contributed by atoms with van der Waals surface area (Å²) >= 11 is 2.13. The molecule has 1 rings (SSSR count). The molecule has 0 aromatic heterocycles. The number of thioether (sulfide) groups is 1.